The number of rotatable bonds is 6. The number of aromatic nitrogens is 2. The van der Waals surface area contributed by atoms with Gasteiger partial charge in [-0.2, -0.15) is 5.10 Å². The average molecular weight is 433 g/mol. The second kappa shape index (κ2) is 7.96. The van der Waals surface area contributed by atoms with Crippen molar-refractivity contribution in [3.05, 3.63) is 52.3 Å². The fraction of sp³-hybridized carbons (Fsp3) is 0.545. The smallest absolute Gasteiger partial charge is 0.251 e. The molecule has 7 nitrogen and oxygen atoms in total. The number of benzene rings is 1. The Bertz CT molecular complexity index is 929. The fourth-order valence-corrected chi connectivity index (χ4v) is 4.60. The normalized spacial score (nSPS) is 21.1. The van der Waals surface area contributed by atoms with Crippen molar-refractivity contribution in [2.24, 2.45) is 5.73 Å². The summed E-state index contributed by atoms with van der Waals surface area (Å²) in [6.07, 6.45) is 5.42. The predicted molar refractivity (Wildman–Crippen MR) is 114 cm³/mol. The molecule has 1 aromatic carbocycles. The van der Waals surface area contributed by atoms with Gasteiger partial charge in [0.15, 0.2) is 6.10 Å². The van der Waals surface area contributed by atoms with E-state index in [-0.39, 0.29) is 0 Å². The molecule has 0 aliphatic carbocycles. The summed E-state index contributed by atoms with van der Waals surface area (Å²) in [5, 5.41) is 14.9. The number of primary amides is 1. The predicted octanol–water partition coefficient (Wildman–Crippen LogP) is 2.75. The van der Waals surface area contributed by atoms with E-state index in [2.05, 4.69) is 10.00 Å². The van der Waals surface area contributed by atoms with E-state index >= 15 is 0 Å². The van der Waals surface area contributed by atoms with Crippen LogP contribution in [0.4, 0.5) is 0 Å². The van der Waals surface area contributed by atoms with E-state index in [0.29, 0.717) is 18.0 Å². The van der Waals surface area contributed by atoms with Crippen molar-refractivity contribution < 1.29 is 14.6 Å². The summed E-state index contributed by atoms with van der Waals surface area (Å²) in [5.74, 6) is -0.462. The van der Waals surface area contributed by atoms with Gasteiger partial charge in [-0.3, -0.25) is 14.4 Å². The highest BCUT2D eigenvalue weighted by molar-refractivity contribution is 6.30. The summed E-state index contributed by atoms with van der Waals surface area (Å²) in [6, 6.07) is 5.56. The number of nitrogens with zero attached hydrogens (tertiary/aromatic N) is 3. The number of amides is 1. The molecule has 1 spiro atoms. The van der Waals surface area contributed by atoms with Crippen LogP contribution in [0.5, 0.6) is 0 Å². The molecule has 1 fully saturated rings. The lowest BCUT2D eigenvalue weighted by Crippen LogP contribution is -2.42. The Morgan fingerprint density at radius 3 is 2.80 bits per heavy atom. The van der Waals surface area contributed by atoms with Gasteiger partial charge >= 0.3 is 0 Å². The maximum atomic E-state index is 11.9. The molecular formula is C22H29ClN4O3. The Kier molecular flexibility index (Phi) is 5.66. The number of aryl methyl sites for hydroxylation is 1. The number of fused-ring (bicyclic) bond motifs is 2. The molecule has 1 atom stereocenters. The maximum absolute atomic E-state index is 11.9. The minimum atomic E-state index is -0.710. The monoisotopic (exact) mass is 432 g/mol. The first-order chi connectivity index (χ1) is 14.2. The van der Waals surface area contributed by atoms with Crippen molar-refractivity contribution in [3.8, 4) is 0 Å². The lowest BCUT2D eigenvalue weighted by atomic mass is 9.83. The van der Waals surface area contributed by atoms with Gasteiger partial charge in [0, 0.05) is 43.0 Å². The van der Waals surface area contributed by atoms with Gasteiger partial charge in [-0.05, 0) is 56.4 Å². The van der Waals surface area contributed by atoms with Crippen LogP contribution in [0.25, 0.3) is 0 Å². The molecule has 4 rings (SSSR count). The Hall–Kier alpha value is -1.93. The first kappa shape index (κ1) is 21.3. The average Bonchev–Trinajstić information content (AvgIpc) is 3.25. The number of aliphatic hydroxyl groups is 1. The molecule has 162 valence electrons. The third-order valence-electron chi connectivity index (χ3n) is 6.10. The summed E-state index contributed by atoms with van der Waals surface area (Å²) in [5.41, 5.74) is 7.37. The molecule has 1 amide bonds. The zero-order valence-electron chi connectivity index (χ0n) is 17.5. The summed E-state index contributed by atoms with van der Waals surface area (Å²) in [4.78, 5) is 14.3. The standard InChI is InChI=1S/C22H29ClN4O3/c1-21(2,29)5-10-27-14-15(12-25-27)13-26-8-6-22(7-9-26)18-11-16(23)3-4-17(18)19(30-22)20(24)28/h3-4,11-12,14,19,29H,5-10,13H2,1-2H3,(H2,24,28). The molecule has 0 bridgehead atoms. The van der Waals surface area contributed by atoms with Gasteiger partial charge in [-0.25, -0.2) is 0 Å². The SMILES string of the molecule is CC(C)(O)CCn1cc(CN2CCC3(CC2)OC(C(N)=O)c2ccc(Cl)cc23)cn1. The maximum Gasteiger partial charge on any atom is 0.251 e. The van der Waals surface area contributed by atoms with E-state index in [9.17, 15) is 9.90 Å². The summed E-state index contributed by atoms with van der Waals surface area (Å²) in [6.45, 7) is 6.78. The van der Waals surface area contributed by atoms with Crippen molar-refractivity contribution in [1.29, 1.82) is 0 Å². The molecule has 30 heavy (non-hydrogen) atoms. The molecular weight excluding hydrogens is 404 g/mol. The Morgan fingerprint density at radius 2 is 2.13 bits per heavy atom. The van der Waals surface area contributed by atoms with Gasteiger partial charge in [-0.1, -0.05) is 17.7 Å². The zero-order chi connectivity index (χ0) is 21.5. The number of piperidine rings is 1. The van der Waals surface area contributed by atoms with Gasteiger partial charge in [0.1, 0.15) is 0 Å². The fourth-order valence-electron chi connectivity index (χ4n) is 4.43. The van der Waals surface area contributed by atoms with Crippen molar-refractivity contribution >= 4 is 17.5 Å². The lowest BCUT2D eigenvalue weighted by Gasteiger charge is -2.39. The van der Waals surface area contributed by atoms with Crippen molar-refractivity contribution in [1.82, 2.24) is 14.7 Å². The van der Waals surface area contributed by atoms with Gasteiger partial charge in [0.05, 0.1) is 17.4 Å². The highest BCUT2D eigenvalue weighted by atomic mass is 35.5. The minimum absolute atomic E-state index is 0.462. The molecule has 0 radical (unpaired) electrons. The molecule has 1 unspecified atom stereocenters. The molecule has 3 N–H and O–H groups in total. The Morgan fingerprint density at radius 1 is 1.40 bits per heavy atom. The van der Waals surface area contributed by atoms with Crippen LogP contribution >= 0.6 is 11.6 Å². The number of ether oxygens (including phenoxy) is 1. The third kappa shape index (κ3) is 4.39. The number of halogens is 1. The highest BCUT2D eigenvalue weighted by Gasteiger charge is 2.48. The summed E-state index contributed by atoms with van der Waals surface area (Å²) in [7, 11) is 0. The van der Waals surface area contributed by atoms with E-state index in [1.165, 1.54) is 0 Å². The van der Waals surface area contributed by atoms with Gasteiger partial charge in [0.2, 0.25) is 0 Å². The van der Waals surface area contributed by atoms with Crippen molar-refractivity contribution in [2.75, 3.05) is 13.1 Å². The second-order valence-electron chi connectivity index (χ2n) is 9.08. The number of nitrogens with two attached hydrogens (primary N) is 1. The number of carbonyl (C=O) groups excluding carboxylic acids is 1. The van der Waals surface area contributed by atoms with Crippen LogP contribution in [0.15, 0.2) is 30.6 Å². The summed E-state index contributed by atoms with van der Waals surface area (Å²) >= 11 is 6.24. The van der Waals surface area contributed by atoms with Gasteiger partial charge in [-0.15, -0.1) is 0 Å². The molecule has 2 aliphatic heterocycles. The van der Waals surface area contributed by atoms with Crippen molar-refractivity contribution in [2.45, 2.75) is 63.5 Å². The lowest BCUT2D eigenvalue weighted by molar-refractivity contribution is -0.148. The molecule has 0 saturated carbocycles. The minimum Gasteiger partial charge on any atom is -0.390 e. The number of likely N-dealkylation sites (tertiary alicyclic amines) is 1. The Labute approximate surface area is 181 Å². The van der Waals surface area contributed by atoms with Crippen LogP contribution in [0.1, 0.15) is 55.9 Å². The van der Waals surface area contributed by atoms with Gasteiger partial charge in [0.25, 0.3) is 5.91 Å². The topological polar surface area (TPSA) is 93.6 Å². The second-order valence-corrected chi connectivity index (χ2v) is 9.51. The van der Waals surface area contributed by atoms with Crippen LogP contribution < -0.4 is 5.73 Å². The molecule has 1 saturated heterocycles. The first-order valence-corrected chi connectivity index (χ1v) is 10.8. The number of carbonyl (C=O) groups is 1. The van der Waals surface area contributed by atoms with E-state index in [4.69, 9.17) is 22.1 Å². The largest absolute Gasteiger partial charge is 0.390 e. The van der Waals surface area contributed by atoms with Crippen LogP contribution in [0.2, 0.25) is 5.02 Å². The van der Waals surface area contributed by atoms with Crippen LogP contribution in [0, 0.1) is 0 Å². The highest BCUT2D eigenvalue weighted by Crippen LogP contribution is 2.50. The molecule has 2 aromatic rings. The van der Waals surface area contributed by atoms with Gasteiger partial charge < -0.3 is 15.6 Å². The third-order valence-corrected chi connectivity index (χ3v) is 6.33. The molecule has 2 aliphatic rings. The van der Waals surface area contributed by atoms with Crippen LogP contribution in [-0.2, 0) is 28.2 Å². The number of hydrogen-bond acceptors (Lipinski definition) is 5. The summed E-state index contributed by atoms with van der Waals surface area (Å²) < 4.78 is 8.13. The zero-order valence-corrected chi connectivity index (χ0v) is 18.2. The van der Waals surface area contributed by atoms with E-state index in [0.717, 1.165) is 49.2 Å². The Balaban J connectivity index is 1.41. The van der Waals surface area contributed by atoms with E-state index < -0.39 is 23.2 Å². The quantitative estimate of drug-likeness (QED) is 0.732. The first-order valence-electron chi connectivity index (χ1n) is 10.4. The molecule has 3 heterocycles. The van der Waals surface area contributed by atoms with E-state index in [1.54, 1.807) is 19.9 Å². The van der Waals surface area contributed by atoms with Crippen molar-refractivity contribution in [3.63, 3.8) is 0 Å². The number of hydrogen-bond donors (Lipinski definition) is 2. The molecule has 1 aromatic heterocycles. The van der Waals surface area contributed by atoms with Crippen LogP contribution in [0.3, 0.4) is 0 Å². The molecule has 8 heteroatoms. The van der Waals surface area contributed by atoms with Crippen LogP contribution in [-0.4, -0.2) is 44.4 Å². The van der Waals surface area contributed by atoms with E-state index in [1.807, 2.05) is 29.2 Å².